The van der Waals surface area contributed by atoms with Crippen LogP contribution in [0, 0.1) is 6.92 Å². The van der Waals surface area contributed by atoms with Crippen LogP contribution < -0.4 is 10.9 Å². The second kappa shape index (κ2) is 7.21. The summed E-state index contributed by atoms with van der Waals surface area (Å²) >= 11 is 1.38. The van der Waals surface area contributed by atoms with Gasteiger partial charge in [0.1, 0.15) is 5.03 Å². The van der Waals surface area contributed by atoms with E-state index in [1.54, 1.807) is 13.1 Å². The Morgan fingerprint density at radius 1 is 1.45 bits per heavy atom. The van der Waals surface area contributed by atoms with Crippen LogP contribution >= 0.6 is 11.8 Å². The predicted octanol–water partition coefficient (Wildman–Crippen LogP) is 2.12. The second-order valence-corrected chi connectivity index (χ2v) is 5.42. The molecule has 0 aliphatic carbocycles. The standard InChI is InChI=1S/C14H18N4OS/c1-3-6-15-9-11-5-4-7-16-13(11)20-14-17-10(2)8-12(19)18-14/h4-5,7-8,15H,3,6,9H2,1-2H3,(H,17,18,19). The summed E-state index contributed by atoms with van der Waals surface area (Å²) in [6, 6.07) is 5.43. The third-order valence-corrected chi connectivity index (χ3v) is 3.58. The maximum absolute atomic E-state index is 11.5. The number of nitrogens with one attached hydrogen (secondary N) is 2. The number of aromatic nitrogens is 3. The lowest BCUT2D eigenvalue weighted by Crippen LogP contribution is -2.15. The first-order chi connectivity index (χ1) is 9.69. The van der Waals surface area contributed by atoms with Crippen LogP contribution in [0.1, 0.15) is 24.6 Å². The molecule has 0 aliphatic heterocycles. The highest BCUT2D eigenvalue weighted by atomic mass is 32.2. The van der Waals surface area contributed by atoms with Gasteiger partial charge in [-0.25, -0.2) is 9.97 Å². The van der Waals surface area contributed by atoms with Gasteiger partial charge >= 0.3 is 0 Å². The molecule has 20 heavy (non-hydrogen) atoms. The van der Waals surface area contributed by atoms with E-state index in [-0.39, 0.29) is 5.56 Å². The van der Waals surface area contributed by atoms with Gasteiger partial charge in [-0.15, -0.1) is 0 Å². The molecule has 2 rings (SSSR count). The van der Waals surface area contributed by atoms with Gasteiger partial charge in [0.25, 0.3) is 5.56 Å². The van der Waals surface area contributed by atoms with Crippen molar-refractivity contribution in [2.24, 2.45) is 0 Å². The molecule has 2 aromatic heterocycles. The molecule has 2 heterocycles. The third-order valence-electron chi connectivity index (χ3n) is 2.63. The summed E-state index contributed by atoms with van der Waals surface area (Å²) in [5, 5.41) is 4.79. The van der Waals surface area contributed by atoms with Crippen molar-refractivity contribution in [1.29, 1.82) is 0 Å². The fourth-order valence-electron chi connectivity index (χ4n) is 1.74. The van der Waals surface area contributed by atoms with Gasteiger partial charge in [-0.2, -0.15) is 0 Å². The van der Waals surface area contributed by atoms with Crippen LogP contribution in [0.15, 0.2) is 39.4 Å². The zero-order valence-electron chi connectivity index (χ0n) is 11.6. The zero-order chi connectivity index (χ0) is 14.4. The Bertz CT molecular complexity index is 627. The van der Waals surface area contributed by atoms with Gasteiger partial charge in [0.2, 0.25) is 0 Å². The fourth-order valence-corrected chi connectivity index (χ4v) is 2.65. The zero-order valence-corrected chi connectivity index (χ0v) is 12.5. The Balaban J connectivity index is 2.17. The van der Waals surface area contributed by atoms with Crippen LogP contribution in [0.4, 0.5) is 0 Å². The number of aryl methyl sites for hydroxylation is 1. The molecule has 2 aromatic rings. The second-order valence-electron chi connectivity index (χ2n) is 4.44. The molecule has 0 saturated carbocycles. The van der Waals surface area contributed by atoms with Gasteiger partial charge in [-0.05, 0) is 43.3 Å². The molecule has 0 spiro atoms. The number of hydrogen-bond donors (Lipinski definition) is 2. The molecular weight excluding hydrogens is 272 g/mol. The first-order valence-electron chi connectivity index (χ1n) is 6.59. The molecule has 0 aromatic carbocycles. The van der Waals surface area contributed by atoms with Crippen molar-refractivity contribution in [3.8, 4) is 0 Å². The minimum Gasteiger partial charge on any atom is -0.313 e. The van der Waals surface area contributed by atoms with E-state index >= 15 is 0 Å². The van der Waals surface area contributed by atoms with Gasteiger partial charge in [0.05, 0.1) is 0 Å². The van der Waals surface area contributed by atoms with Gasteiger partial charge in [0.15, 0.2) is 5.16 Å². The number of hydrogen-bond acceptors (Lipinski definition) is 5. The molecule has 0 radical (unpaired) electrons. The molecule has 0 amide bonds. The average Bonchev–Trinajstić information content (AvgIpc) is 2.40. The van der Waals surface area contributed by atoms with Gasteiger partial charge in [0, 0.05) is 24.5 Å². The van der Waals surface area contributed by atoms with E-state index in [0.29, 0.717) is 10.9 Å². The summed E-state index contributed by atoms with van der Waals surface area (Å²) in [6.45, 7) is 5.67. The summed E-state index contributed by atoms with van der Waals surface area (Å²) in [4.78, 5) is 22.9. The lowest BCUT2D eigenvalue weighted by atomic mass is 10.3. The van der Waals surface area contributed by atoms with Crippen molar-refractivity contribution < 1.29 is 0 Å². The topological polar surface area (TPSA) is 70.7 Å². The molecule has 0 bridgehead atoms. The van der Waals surface area contributed by atoms with Crippen LogP contribution in [0.25, 0.3) is 0 Å². The van der Waals surface area contributed by atoms with E-state index < -0.39 is 0 Å². The minimum absolute atomic E-state index is 0.137. The van der Waals surface area contributed by atoms with Gasteiger partial charge < -0.3 is 10.3 Å². The Morgan fingerprint density at radius 2 is 2.30 bits per heavy atom. The van der Waals surface area contributed by atoms with Crippen molar-refractivity contribution in [3.63, 3.8) is 0 Å². The van der Waals surface area contributed by atoms with E-state index in [0.717, 1.165) is 30.1 Å². The number of H-pyrrole nitrogens is 1. The van der Waals surface area contributed by atoms with Crippen molar-refractivity contribution in [3.05, 3.63) is 46.0 Å². The molecular formula is C14H18N4OS. The summed E-state index contributed by atoms with van der Waals surface area (Å²) in [5.41, 5.74) is 1.68. The normalized spacial score (nSPS) is 10.7. The first kappa shape index (κ1) is 14.7. The van der Waals surface area contributed by atoms with E-state index in [4.69, 9.17) is 0 Å². The van der Waals surface area contributed by atoms with E-state index in [1.807, 2.05) is 12.1 Å². The third kappa shape index (κ3) is 4.18. The molecule has 0 aliphatic rings. The molecule has 106 valence electrons. The van der Waals surface area contributed by atoms with E-state index in [2.05, 4.69) is 27.2 Å². The average molecular weight is 290 g/mol. The quantitative estimate of drug-likeness (QED) is 0.630. The minimum atomic E-state index is -0.137. The van der Waals surface area contributed by atoms with Gasteiger partial charge in [-0.3, -0.25) is 4.79 Å². The number of pyridine rings is 1. The molecule has 0 atom stereocenters. The molecule has 0 fully saturated rings. The number of aromatic amines is 1. The van der Waals surface area contributed by atoms with Gasteiger partial charge in [-0.1, -0.05) is 13.0 Å². The highest BCUT2D eigenvalue weighted by Gasteiger charge is 2.07. The Kier molecular flexibility index (Phi) is 5.31. The van der Waals surface area contributed by atoms with Crippen LogP contribution in [-0.4, -0.2) is 21.5 Å². The Labute approximate surface area is 122 Å². The fraction of sp³-hybridized carbons (Fsp3) is 0.357. The SMILES string of the molecule is CCCNCc1cccnc1Sc1nc(C)cc(=O)[nH]1. The van der Waals surface area contributed by atoms with Crippen molar-refractivity contribution in [1.82, 2.24) is 20.3 Å². The summed E-state index contributed by atoms with van der Waals surface area (Å²) in [6.07, 6.45) is 2.84. The maximum atomic E-state index is 11.5. The smallest absolute Gasteiger partial charge is 0.251 e. The molecule has 0 saturated heterocycles. The largest absolute Gasteiger partial charge is 0.313 e. The first-order valence-corrected chi connectivity index (χ1v) is 7.41. The van der Waals surface area contributed by atoms with Crippen molar-refractivity contribution >= 4 is 11.8 Å². The lowest BCUT2D eigenvalue weighted by Gasteiger charge is -2.08. The highest BCUT2D eigenvalue weighted by molar-refractivity contribution is 7.99. The molecule has 5 nitrogen and oxygen atoms in total. The summed E-state index contributed by atoms with van der Waals surface area (Å²) < 4.78 is 0. The van der Waals surface area contributed by atoms with E-state index in [1.165, 1.54) is 17.8 Å². The van der Waals surface area contributed by atoms with Crippen molar-refractivity contribution in [2.45, 2.75) is 37.0 Å². The summed E-state index contributed by atoms with van der Waals surface area (Å²) in [7, 11) is 0. The van der Waals surface area contributed by atoms with Crippen LogP contribution in [0.3, 0.4) is 0 Å². The van der Waals surface area contributed by atoms with Crippen molar-refractivity contribution in [2.75, 3.05) is 6.54 Å². The monoisotopic (exact) mass is 290 g/mol. The summed E-state index contributed by atoms with van der Waals surface area (Å²) in [5.74, 6) is 0. The lowest BCUT2D eigenvalue weighted by molar-refractivity contribution is 0.665. The Morgan fingerprint density at radius 3 is 3.05 bits per heavy atom. The highest BCUT2D eigenvalue weighted by Crippen LogP contribution is 2.25. The van der Waals surface area contributed by atoms with Crippen LogP contribution in [0.2, 0.25) is 0 Å². The van der Waals surface area contributed by atoms with E-state index in [9.17, 15) is 4.79 Å². The Hall–Kier alpha value is -1.66. The predicted molar refractivity (Wildman–Crippen MR) is 80.0 cm³/mol. The molecule has 0 unspecified atom stereocenters. The number of rotatable bonds is 6. The molecule has 6 heteroatoms. The molecule has 2 N–H and O–H groups in total. The van der Waals surface area contributed by atoms with Crippen LogP contribution in [-0.2, 0) is 6.54 Å². The van der Waals surface area contributed by atoms with Crippen LogP contribution in [0.5, 0.6) is 0 Å². The number of nitrogens with zero attached hydrogens (tertiary/aromatic N) is 2. The maximum Gasteiger partial charge on any atom is 0.251 e.